The van der Waals surface area contributed by atoms with Crippen LogP contribution in [0.2, 0.25) is 5.02 Å². The van der Waals surface area contributed by atoms with Crippen molar-refractivity contribution in [3.05, 3.63) is 23.2 Å². The summed E-state index contributed by atoms with van der Waals surface area (Å²) in [4.78, 5) is 20.6. The van der Waals surface area contributed by atoms with E-state index < -0.39 is 6.09 Å². The van der Waals surface area contributed by atoms with Gasteiger partial charge in [-0.15, -0.1) is 0 Å². The maximum Gasteiger partial charge on any atom is 0.407 e. The maximum atomic E-state index is 10.7. The average molecular weight is 254 g/mol. The lowest BCUT2D eigenvalue weighted by molar-refractivity contribution is -0.0600. The number of nitrogens with zero attached hydrogens (tertiary/aromatic N) is 3. The van der Waals surface area contributed by atoms with Gasteiger partial charge >= 0.3 is 6.09 Å². The molecule has 1 saturated carbocycles. The molecular formula is C11H12ClN3O2. The Bertz CT molecular complexity index is 448. The number of hydrogen-bond donors (Lipinski definition) is 1. The summed E-state index contributed by atoms with van der Waals surface area (Å²) in [6.45, 7) is 1.32. The van der Waals surface area contributed by atoms with E-state index in [1.165, 1.54) is 4.90 Å². The van der Waals surface area contributed by atoms with Crippen LogP contribution < -0.4 is 0 Å². The summed E-state index contributed by atoms with van der Waals surface area (Å²) in [5.41, 5.74) is 0.200. The van der Waals surface area contributed by atoms with Crippen molar-refractivity contribution in [2.45, 2.75) is 18.8 Å². The Morgan fingerprint density at radius 2 is 2.00 bits per heavy atom. The highest BCUT2D eigenvalue weighted by Gasteiger charge is 2.54. The topological polar surface area (TPSA) is 66.3 Å². The van der Waals surface area contributed by atoms with Gasteiger partial charge in [0.05, 0.1) is 5.02 Å². The van der Waals surface area contributed by atoms with E-state index in [2.05, 4.69) is 9.97 Å². The highest BCUT2D eigenvalue weighted by molar-refractivity contribution is 6.30. The summed E-state index contributed by atoms with van der Waals surface area (Å²) >= 11 is 5.73. The van der Waals surface area contributed by atoms with Gasteiger partial charge in [-0.1, -0.05) is 11.6 Å². The minimum Gasteiger partial charge on any atom is -0.465 e. The first-order valence-electron chi connectivity index (χ1n) is 5.53. The van der Waals surface area contributed by atoms with E-state index in [0.717, 1.165) is 18.7 Å². The molecule has 5 nitrogen and oxygen atoms in total. The predicted molar refractivity (Wildman–Crippen MR) is 61.0 cm³/mol. The van der Waals surface area contributed by atoms with Crippen LogP contribution in [0.15, 0.2) is 12.4 Å². The van der Waals surface area contributed by atoms with Gasteiger partial charge in [0.25, 0.3) is 0 Å². The molecular weight excluding hydrogens is 242 g/mol. The Hall–Kier alpha value is -1.36. The van der Waals surface area contributed by atoms with Gasteiger partial charge in [-0.2, -0.15) is 0 Å². The van der Waals surface area contributed by atoms with Crippen molar-refractivity contribution in [3.8, 4) is 0 Å². The first kappa shape index (κ1) is 10.8. The number of carboxylic acid groups (broad SMARTS) is 1. The fourth-order valence-electron chi connectivity index (χ4n) is 2.86. The molecule has 6 heteroatoms. The highest BCUT2D eigenvalue weighted by Crippen LogP contribution is 2.55. The van der Waals surface area contributed by atoms with Crippen LogP contribution in [-0.2, 0) is 0 Å². The third-order valence-electron chi connectivity index (χ3n) is 3.69. The van der Waals surface area contributed by atoms with Crippen molar-refractivity contribution in [2.75, 3.05) is 13.1 Å². The molecule has 2 aliphatic rings. The summed E-state index contributed by atoms with van der Waals surface area (Å²) in [5.74, 6) is 1.19. The number of hydrogen-bond acceptors (Lipinski definition) is 3. The predicted octanol–water partition coefficient (Wildman–Crippen LogP) is 1.99. The molecule has 0 unspecified atom stereocenters. The zero-order valence-corrected chi connectivity index (χ0v) is 9.89. The molecule has 1 aromatic heterocycles. The molecule has 0 atom stereocenters. The molecule has 90 valence electrons. The van der Waals surface area contributed by atoms with Crippen LogP contribution in [0.4, 0.5) is 4.79 Å². The number of carbonyl (C=O) groups is 1. The summed E-state index contributed by atoms with van der Waals surface area (Å²) in [7, 11) is 0. The van der Waals surface area contributed by atoms with E-state index in [4.69, 9.17) is 16.7 Å². The number of rotatable bonds is 1. The SMILES string of the molecule is O=C(O)N1CC2(CC(c3ncc(Cl)cn3)C2)C1. The van der Waals surface area contributed by atoms with Crippen molar-refractivity contribution in [3.63, 3.8) is 0 Å². The molecule has 3 rings (SSSR count). The summed E-state index contributed by atoms with van der Waals surface area (Å²) in [6, 6.07) is 0. The smallest absolute Gasteiger partial charge is 0.407 e. The van der Waals surface area contributed by atoms with E-state index >= 15 is 0 Å². The van der Waals surface area contributed by atoms with Crippen molar-refractivity contribution in [1.82, 2.24) is 14.9 Å². The average Bonchev–Trinajstić information content (AvgIpc) is 2.15. The van der Waals surface area contributed by atoms with Crippen molar-refractivity contribution in [2.24, 2.45) is 5.41 Å². The molecule has 1 saturated heterocycles. The zero-order valence-electron chi connectivity index (χ0n) is 9.14. The Kier molecular flexibility index (Phi) is 2.26. The van der Waals surface area contributed by atoms with Gasteiger partial charge in [-0.05, 0) is 12.8 Å². The standard InChI is InChI=1S/C11H12ClN3O2/c12-8-3-13-9(14-4-8)7-1-11(2-7)5-15(6-11)10(16)17/h3-4,7H,1-2,5-6H2,(H,16,17). The largest absolute Gasteiger partial charge is 0.465 e. The highest BCUT2D eigenvalue weighted by atomic mass is 35.5. The third-order valence-corrected chi connectivity index (χ3v) is 3.88. The molecule has 1 spiro atoms. The maximum absolute atomic E-state index is 10.7. The lowest BCUT2D eigenvalue weighted by atomic mass is 9.57. The lowest BCUT2D eigenvalue weighted by Crippen LogP contribution is -2.63. The van der Waals surface area contributed by atoms with Crippen LogP contribution in [0, 0.1) is 5.41 Å². The van der Waals surface area contributed by atoms with E-state index in [-0.39, 0.29) is 5.41 Å². The van der Waals surface area contributed by atoms with E-state index in [9.17, 15) is 4.79 Å². The number of aromatic nitrogens is 2. The van der Waals surface area contributed by atoms with Crippen LogP contribution in [0.25, 0.3) is 0 Å². The second kappa shape index (κ2) is 3.57. The molecule has 1 aliphatic heterocycles. The van der Waals surface area contributed by atoms with Gasteiger partial charge in [-0.25, -0.2) is 14.8 Å². The Morgan fingerprint density at radius 1 is 1.41 bits per heavy atom. The van der Waals surface area contributed by atoms with E-state index in [1.54, 1.807) is 12.4 Å². The van der Waals surface area contributed by atoms with Gasteiger partial charge in [0, 0.05) is 36.8 Å². The molecule has 2 heterocycles. The molecule has 17 heavy (non-hydrogen) atoms. The Balaban J connectivity index is 1.59. The molecule has 0 aromatic carbocycles. The molecule has 1 aromatic rings. The fraction of sp³-hybridized carbons (Fsp3) is 0.545. The van der Waals surface area contributed by atoms with Crippen LogP contribution in [-0.4, -0.2) is 39.2 Å². The first-order valence-corrected chi connectivity index (χ1v) is 5.91. The van der Waals surface area contributed by atoms with Crippen molar-refractivity contribution < 1.29 is 9.90 Å². The molecule has 0 bridgehead atoms. The molecule has 1 aliphatic carbocycles. The van der Waals surface area contributed by atoms with Crippen molar-refractivity contribution in [1.29, 1.82) is 0 Å². The zero-order chi connectivity index (χ0) is 12.0. The number of halogens is 1. The second-order valence-corrected chi connectivity index (χ2v) is 5.44. The number of likely N-dealkylation sites (tertiary alicyclic amines) is 1. The van der Waals surface area contributed by atoms with Crippen LogP contribution >= 0.6 is 11.6 Å². The van der Waals surface area contributed by atoms with Crippen LogP contribution in [0.5, 0.6) is 0 Å². The van der Waals surface area contributed by atoms with Crippen molar-refractivity contribution >= 4 is 17.7 Å². The Labute approximate surface area is 103 Å². The van der Waals surface area contributed by atoms with Gasteiger partial charge < -0.3 is 10.0 Å². The van der Waals surface area contributed by atoms with Gasteiger partial charge in [0.15, 0.2) is 0 Å². The quantitative estimate of drug-likeness (QED) is 0.831. The van der Waals surface area contributed by atoms with Gasteiger partial charge in [-0.3, -0.25) is 0 Å². The molecule has 1 N–H and O–H groups in total. The normalized spacial score (nSPS) is 22.1. The van der Waals surface area contributed by atoms with Gasteiger partial charge in [0.2, 0.25) is 0 Å². The molecule has 1 amide bonds. The fourth-order valence-corrected chi connectivity index (χ4v) is 2.96. The summed E-state index contributed by atoms with van der Waals surface area (Å²) in [5, 5.41) is 9.33. The minimum atomic E-state index is -0.818. The lowest BCUT2D eigenvalue weighted by Gasteiger charge is -2.57. The summed E-state index contributed by atoms with van der Waals surface area (Å²) in [6.07, 6.45) is 4.37. The molecule has 0 radical (unpaired) electrons. The first-order chi connectivity index (χ1) is 8.08. The summed E-state index contributed by atoms with van der Waals surface area (Å²) < 4.78 is 0. The monoisotopic (exact) mass is 253 g/mol. The number of amides is 1. The van der Waals surface area contributed by atoms with E-state index in [0.29, 0.717) is 24.0 Å². The third kappa shape index (κ3) is 1.74. The van der Waals surface area contributed by atoms with Gasteiger partial charge in [0.1, 0.15) is 5.82 Å². The molecule has 2 fully saturated rings. The Morgan fingerprint density at radius 3 is 2.53 bits per heavy atom. The van der Waals surface area contributed by atoms with Crippen LogP contribution in [0.1, 0.15) is 24.6 Å². The van der Waals surface area contributed by atoms with Crippen LogP contribution in [0.3, 0.4) is 0 Å². The minimum absolute atomic E-state index is 0.200. The second-order valence-electron chi connectivity index (χ2n) is 5.00. The van der Waals surface area contributed by atoms with E-state index in [1.807, 2.05) is 0 Å².